The van der Waals surface area contributed by atoms with E-state index in [1.807, 2.05) is 12.3 Å². The van der Waals surface area contributed by atoms with Crippen molar-refractivity contribution in [1.82, 2.24) is 9.47 Å². The molecule has 0 aromatic carbocycles. The maximum atomic E-state index is 12.3. The molecule has 1 aromatic heterocycles. The highest BCUT2D eigenvalue weighted by Gasteiger charge is 2.23. The molecule has 1 aliphatic heterocycles. The Hall–Kier alpha value is -2.30. The highest BCUT2D eigenvalue weighted by molar-refractivity contribution is 6.20. The van der Waals surface area contributed by atoms with Gasteiger partial charge in [0.15, 0.2) is 0 Å². The second kappa shape index (κ2) is 5.77. The van der Waals surface area contributed by atoms with Gasteiger partial charge in [-0.25, -0.2) is 0 Å². The third-order valence-electron chi connectivity index (χ3n) is 3.38. The van der Waals surface area contributed by atoms with Crippen molar-refractivity contribution in [3.63, 3.8) is 0 Å². The van der Waals surface area contributed by atoms with Crippen LogP contribution in [0.1, 0.15) is 12.0 Å². The Bertz CT molecular complexity index is 641. The molecule has 0 spiro atoms. The zero-order chi connectivity index (χ0) is 14.7. The van der Waals surface area contributed by atoms with Crippen LogP contribution in [-0.2, 0) is 4.79 Å². The molecule has 1 aliphatic rings. The van der Waals surface area contributed by atoms with E-state index in [2.05, 4.69) is 11.6 Å². The van der Waals surface area contributed by atoms with Crippen LogP contribution in [0, 0.1) is 0 Å². The van der Waals surface area contributed by atoms with Crippen LogP contribution in [0.5, 0.6) is 5.75 Å². The summed E-state index contributed by atoms with van der Waals surface area (Å²) in [5, 5.41) is 0. The van der Waals surface area contributed by atoms with Crippen molar-refractivity contribution in [1.29, 1.82) is 0 Å². The minimum atomic E-state index is 0.00588. The highest BCUT2D eigenvalue weighted by atomic mass is 16.5. The van der Waals surface area contributed by atoms with Crippen molar-refractivity contribution in [3.05, 3.63) is 36.0 Å². The van der Waals surface area contributed by atoms with Gasteiger partial charge in [0, 0.05) is 50.2 Å². The minimum Gasteiger partial charge on any atom is -0.496 e. The van der Waals surface area contributed by atoms with E-state index in [0.717, 1.165) is 24.0 Å². The molecule has 0 saturated heterocycles. The topological polar surface area (TPSA) is 46.8 Å². The minimum absolute atomic E-state index is 0.00588. The molecule has 106 valence electrons. The summed E-state index contributed by atoms with van der Waals surface area (Å²) in [5.74, 6) is 0.643. The molecule has 1 amide bonds. The first-order chi connectivity index (χ1) is 9.62. The number of hydrogen-bond donors (Lipinski definition) is 0. The number of rotatable bonds is 3. The fourth-order valence-corrected chi connectivity index (χ4v) is 2.26. The van der Waals surface area contributed by atoms with Gasteiger partial charge in [0.2, 0.25) is 0 Å². The summed E-state index contributed by atoms with van der Waals surface area (Å²) in [4.78, 5) is 18.2. The van der Waals surface area contributed by atoms with Crippen LogP contribution >= 0.6 is 0 Å². The summed E-state index contributed by atoms with van der Waals surface area (Å²) in [5.41, 5.74) is 2.14. The molecule has 0 atom stereocenters. The standard InChI is InChI=1S/C15H19N3O2/c1-5-18-10-12(13(20-4)9-14(18)16-2)11-7-6-8-17(3)15(11)19/h5,7,9-10H,1,6,8H2,2-4H3. The number of amides is 1. The number of pyridine rings is 1. The van der Waals surface area contributed by atoms with Gasteiger partial charge in [0.25, 0.3) is 5.91 Å². The summed E-state index contributed by atoms with van der Waals surface area (Å²) in [7, 11) is 5.10. The maximum absolute atomic E-state index is 12.3. The zero-order valence-corrected chi connectivity index (χ0v) is 12.1. The molecule has 2 heterocycles. The molecule has 2 rings (SSSR count). The van der Waals surface area contributed by atoms with E-state index in [-0.39, 0.29) is 5.91 Å². The lowest BCUT2D eigenvalue weighted by Gasteiger charge is -2.24. The Morgan fingerprint density at radius 3 is 2.85 bits per heavy atom. The molecule has 0 radical (unpaired) electrons. The molecule has 0 N–H and O–H groups in total. The Morgan fingerprint density at radius 1 is 1.50 bits per heavy atom. The first-order valence-corrected chi connectivity index (χ1v) is 6.44. The smallest absolute Gasteiger partial charge is 0.254 e. The summed E-state index contributed by atoms with van der Waals surface area (Å²) in [6.45, 7) is 4.51. The van der Waals surface area contributed by atoms with Gasteiger partial charge >= 0.3 is 0 Å². The number of ether oxygens (including phenoxy) is 1. The Labute approximate surface area is 118 Å². The SMILES string of the molecule is C=Cn1cc(C2=CCCN(C)C2=O)c(OC)cc1=NC. The fraction of sp³-hybridized carbons (Fsp3) is 0.333. The number of carbonyl (C=O) groups excluding carboxylic acids is 1. The first-order valence-electron chi connectivity index (χ1n) is 6.44. The monoisotopic (exact) mass is 273 g/mol. The molecule has 0 saturated carbocycles. The van der Waals surface area contributed by atoms with Crippen LogP contribution in [0.15, 0.2) is 29.9 Å². The van der Waals surface area contributed by atoms with E-state index in [1.165, 1.54) is 0 Å². The van der Waals surface area contributed by atoms with Crippen molar-refractivity contribution in [2.45, 2.75) is 6.42 Å². The van der Waals surface area contributed by atoms with Crippen molar-refractivity contribution >= 4 is 17.7 Å². The van der Waals surface area contributed by atoms with E-state index >= 15 is 0 Å². The van der Waals surface area contributed by atoms with Crippen molar-refractivity contribution in [2.75, 3.05) is 27.7 Å². The molecule has 0 unspecified atom stereocenters. The lowest BCUT2D eigenvalue weighted by Crippen LogP contribution is -2.32. The molecular weight excluding hydrogens is 254 g/mol. The van der Waals surface area contributed by atoms with Gasteiger partial charge < -0.3 is 14.2 Å². The van der Waals surface area contributed by atoms with Crippen LogP contribution in [0.25, 0.3) is 11.8 Å². The predicted molar refractivity (Wildman–Crippen MR) is 79.1 cm³/mol. The number of aromatic nitrogens is 1. The van der Waals surface area contributed by atoms with E-state index in [1.54, 1.807) is 42.9 Å². The first kappa shape index (κ1) is 14.1. The van der Waals surface area contributed by atoms with E-state index in [0.29, 0.717) is 11.3 Å². The number of nitrogens with zero attached hydrogens (tertiary/aromatic N) is 3. The number of hydrogen-bond acceptors (Lipinski definition) is 3. The predicted octanol–water partition coefficient (Wildman–Crippen LogP) is 1.37. The Morgan fingerprint density at radius 2 is 2.25 bits per heavy atom. The Balaban J connectivity index is 2.64. The molecular formula is C15H19N3O2. The lowest BCUT2D eigenvalue weighted by molar-refractivity contribution is -0.124. The molecule has 5 heteroatoms. The molecule has 20 heavy (non-hydrogen) atoms. The van der Waals surface area contributed by atoms with Gasteiger partial charge in [0.1, 0.15) is 11.2 Å². The van der Waals surface area contributed by atoms with Gasteiger partial charge in [-0.3, -0.25) is 9.79 Å². The normalized spacial score (nSPS) is 16.1. The average Bonchev–Trinajstić information content (AvgIpc) is 2.48. The third kappa shape index (κ3) is 2.39. The largest absolute Gasteiger partial charge is 0.496 e. The molecule has 0 bridgehead atoms. The van der Waals surface area contributed by atoms with Crippen molar-refractivity contribution < 1.29 is 9.53 Å². The second-order valence-corrected chi connectivity index (χ2v) is 4.56. The summed E-state index contributed by atoms with van der Waals surface area (Å²) in [6, 6.07) is 1.81. The van der Waals surface area contributed by atoms with Crippen molar-refractivity contribution in [2.24, 2.45) is 4.99 Å². The maximum Gasteiger partial charge on any atom is 0.254 e. The Kier molecular flexibility index (Phi) is 4.08. The second-order valence-electron chi connectivity index (χ2n) is 4.56. The fourth-order valence-electron chi connectivity index (χ4n) is 2.26. The molecule has 0 fully saturated rings. The zero-order valence-electron chi connectivity index (χ0n) is 12.1. The van der Waals surface area contributed by atoms with Gasteiger partial charge in [-0.15, -0.1) is 0 Å². The summed E-state index contributed by atoms with van der Waals surface area (Å²) in [6.07, 6.45) is 6.28. The van der Waals surface area contributed by atoms with Gasteiger partial charge in [0.05, 0.1) is 7.11 Å². The number of likely N-dealkylation sites (N-methyl/N-ethyl adjacent to an activating group) is 1. The molecule has 5 nitrogen and oxygen atoms in total. The highest BCUT2D eigenvalue weighted by Crippen LogP contribution is 2.28. The summed E-state index contributed by atoms with van der Waals surface area (Å²) < 4.78 is 7.18. The van der Waals surface area contributed by atoms with Crippen LogP contribution in [0.3, 0.4) is 0 Å². The number of methoxy groups -OCH3 is 1. The van der Waals surface area contributed by atoms with E-state index in [9.17, 15) is 4.79 Å². The van der Waals surface area contributed by atoms with Crippen LogP contribution < -0.4 is 10.2 Å². The van der Waals surface area contributed by atoms with Gasteiger partial charge in [-0.05, 0) is 6.42 Å². The van der Waals surface area contributed by atoms with Crippen LogP contribution in [-0.4, -0.2) is 43.1 Å². The van der Waals surface area contributed by atoms with Gasteiger partial charge in [-0.2, -0.15) is 0 Å². The third-order valence-corrected chi connectivity index (χ3v) is 3.38. The van der Waals surface area contributed by atoms with Crippen LogP contribution in [0.2, 0.25) is 0 Å². The van der Waals surface area contributed by atoms with E-state index < -0.39 is 0 Å². The van der Waals surface area contributed by atoms with E-state index in [4.69, 9.17) is 4.74 Å². The quantitative estimate of drug-likeness (QED) is 0.835. The van der Waals surface area contributed by atoms with Crippen molar-refractivity contribution in [3.8, 4) is 5.75 Å². The number of carbonyl (C=O) groups is 1. The molecule has 0 aliphatic carbocycles. The van der Waals surface area contributed by atoms with Gasteiger partial charge in [-0.1, -0.05) is 12.7 Å². The summed E-state index contributed by atoms with van der Waals surface area (Å²) >= 11 is 0. The average molecular weight is 273 g/mol. The lowest BCUT2D eigenvalue weighted by atomic mass is 10.0. The van der Waals surface area contributed by atoms with Crippen LogP contribution in [0.4, 0.5) is 0 Å². The molecule has 1 aromatic rings.